The molecule has 2 aromatic heterocycles. The predicted octanol–water partition coefficient (Wildman–Crippen LogP) is 4.15. The van der Waals surface area contributed by atoms with E-state index in [1.165, 1.54) is 21.2 Å². The van der Waals surface area contributed by atoms with Crippen LogP contribution in [0.25, 0.3) is 10.1 Å². The molecule has 0 amide bonds. The third kappa shape index (κ3) is 2.67. The van der Waals surface area contributed by atoms with Gasteiger partial charge in [0.1, 0.15) is 0 Å². The van der Waals surface area contributed by atoms with Crippen molar-refractivity contribution in [2.75, 3.05) is 0 Å². The average molecular weight is 268 g/mol. The minimum atomic E-state index is 0.312. The minimum Gasteiger partial charge on any atom is -0.306 e. The number of rotatable bonds is 4. The summed E-state index contributed by atoms with van der Waals surface area (Å²) in [6, 6.07) is 13.0. The summed E-state index contributed by atoms with van der Waals surface area (Å²) in [5, 5.41) is 7.16. The van der Waals surface area contributed by atoms with Crippen molar-refractivity contribution >= 4 is 21.4 Å². The number of nitrogens with zero attached hydrogens (tertiary/aromatic N) is 1. The fourth-order valence-corrected chi connectivity index (χ4v) is 3.15. The van der Waals surface area contributed by atoms with E-state index < -0.39 is 0 Å². The van der Waals surface area contributed by atoms with Gasteiger partial charge in [0.2, 0.25) is 0 Å². The molecule has 2 heterocycles. The van der Waals surface area contributed by atoms with Gasteiger partial charge in [-0.1, -0.05) is 24.3 Å². The summed E-state index contributed by atoms with van der Waals surface area (Å²) in [4.78, 5) is 4.16. The van der Waals surface area contributed by atoms with Gasteiger partial charge in [-0.05, 0) is 40.9 Å². The first-order valence-electron chi connectivity index (χ1n) is 6.43. The van der Waals surface area contributed by atoms with Gasteiger partial charge in [-0.3, -0.25) is 4.98 Å². The Morgan fingerprint density at radius 2 is 2.11 bits per heavy atom. The molecule has 19 heavy (non-hydrogen) atoms. The highest BCUT2D eigenvalue weighted by atomic mass is 32.1. The van der Waals surface area contributed by atoms with E-state index in [9.17, 15) is 0 Å². The first-order chi connectivity index (χ1) is 9.34. The van der Waals surface area contributed by atoms with Gasteiger partial charge in [-0.25, -0.2) is 0 Å². The zero-order valence-electron chi connectivity index (χ0n) is 10.8. The molecular formula is C16H16N2S. The van der Waals surface area contributed by atoms with Crippen molar-refractivity contribution in [3.05, 3.63) is 65.3 Å². The Balaban J connectivity index is 1.73. The van der Waals surface area contributed by atoms with E-state index in [1.54, 1.807) is 0 Å². The molecule has 0 fully saturated rings. The largest absolute Gasteiger partial charge is 0.306 e. The Hall–Kier alpha value is -1.71. The van der Waals surface area contributed by atoms with Crippen molar-refractivity contribution in [2.24, 2.45) is 0 Å². The van der Waals surface area contributed by atoms with Crippen LogP contribution in [0.3, 0.4) is 0 Å². The van der Waals surface area contributed by atoms with Crippen molar-refractivity contribution in [2.45, 2.75) is 19.5 Å². The molecule has 1 atom stereocenters. The Morgan fingerprint density at radius 1 is 1.21 bits per heavy atom. The molecule has 3 heteroatoms. The SMILES string of the molecule is C[C@H](NCc1csc2ccccc12)c1cccnc1. The van der Waals surface area contributed by atoms with Crippen molar-refractivity contribution in [1.29, 1.82) is 0 Å². The van der Waals surface area contributed by atoms with Crippen LogP contribution in [0.1, 0.15) is 24.1 Å². The van der Waals surface area contributed by atoms with Gasteiger partial charge in [-0.15, -0.1) is 11.3 Å². The molecule has 1 aromatic carbocycles. The highest BCUT2D eigenvalue weighted by Gasteiger charge is 2.07. The van der Waals surface area contributed by atoms with Gasteiger partial charge in [0.15, 0.2) is 0 Å². The molecular weight excluding hydrogens is 252 g/mol. The molecule has 0 spiro atoms. The van der Waals surface area contributed by atoms with E-state index in [0.29, 0.717) is 6.04 Å². The molecule has 3 rings (SSSR count). The van der Waals surface area contributed by atoms with Crippen LogP contribution in [0, 0.1) is 0 Å². The molecule has 96 valence electrons. The maximum atomic E-state index is 4.16. The van der Waals surface area contributed by atoms with Gasteiger partial charge in [0.25, 0.3) is 0 Å². The quantitative estimate of drug-likeness (QED) is 0.769. The zero-order valence-corrected chi connectivity index (χ0v) is 11.7. The van der Waals surface area contributed by atoms with E-state index in [1.807, 2.05) is 29.8 Å². The van der Waals surface area contributed by atoms with Crippen molar-refractivity contribution in [1.82, 2.24) is 10.3 Å². The smallest absolute Gasteiger partial charge is 0.0346 e. The van der Waals surface area contributed by atoms with E-state index in [4.69, 9.17) is 0 Å². The lowest BCUT2D eigenvalue weighted by atomic mass is 10.1. The summed E-state index contributed by atoms with van der Waals surface area (Å²) in [7, 11) is 0. The molecule has 0 aliphatic rings. The van der Waals surface area contributed by atoms with Gasteiger partial charge < -0.3 is 5.32 Å². The van der Waals surface area contributed by atoms with Gasteiger partial charge in [0, 0.05) is 29.7 Å². The van der Waals surface area contributed by atoms with Crippen LogP contribution >= 0.6 is 11.3 Å². The van der Waals surface area contributed by atoms with Gasteiger partial charge in [0.05, 0.1) is 0 Å². The van der Waals surface area contributed by atoms with Crippen LogP contribution in [-0.2, 0) is 6.54 Å². The number of fused-ring (bicyclic) bond motifs is 1. The summed E-state index contributed by atoms with van der Waals surface area (Å²) in [6.07, 6.45) is 3.73. The van der Waals surface area contributed by atoms with Crippen molar-refractivity contribution < 1.29 is 0 Å². The first-order valence-corrected chi connectivity index (χ1v) is 7.31. The van der Waals surface area contributed by atoms with Crippen LogP contribution in [0.15, 0.2) is 54.2 Å². The number of pyridine rings is 1. The van der Waals surface area contributed by atoms with Crippen LogP contribution in [-0.4, -0.2) is 4.98 Å². The molecule has 0 unspecified atom stereocenters. The summed E-state index contributed by atoms with van der Waals surface area (Å²) >= 11 is 1.81. The maximum absolute atomic E-state index is 4.16. The Bertz CT molecular complexity index is 661. The fraction of sp³-hybridized carbons (Fsp3) is 0.188. The number of hydrogen-bond donors (Lipinski definition) is 1. The zero-order chi connectivity index (χ0) is 13.1. The number of nitrogens with one attached hydrogen (secondary N) is 1. The normalized spacial score (nSPS) is 12.7. The Labute approximate surface area is 117 Å². The van der Waals surface area contributed by atoms with E-state index in [0.717, 1.165) is 6.54 Å². The number of aromatic nitrogens is 1. The summed E-state index contributed by atoms with van der Waals surface area (Å²) in [5.41, 5.74) is 2.60. The first kappa shape index (κ1) is 12.3. The van der Waals surface area contributed by atoms with Crippen molar-refractivity contribution in [3.63, 3.8) is 0 Å². The lowest BCUT2D eigenvalue weighted by Gasteiger charge is -2.13. The predicted molar refractivity (Wildman–Crippen MR) is 81.3 cm³/mol. The van der Waals surface area contributed by atoms with E-state index in [2.05, 4.69) is 52.9 Å². The average Bonchev–Trinajstić information content (AvgIpc) is 2.89. The van der Waals surface area contributed by atoms with Crippen LogP contribution < -0.4 is 5.32 Å². The van der Waals surface area contributed by atoms with Crippen LogP contribution in [0.5, 0.6) is 0 Å². The topological polar surface area (TPSA) is 24.9 Å². The van der Waals surface area contributed by atoms with Gasteiger partial charge >= 0.3 is 0 Å². The molecule has 2 nitrogen and oxygen atoms in total. The summed E-state index contributed by atoms with van der Waals surface area (Å²) < 4.78 is 1.35. The lowest BCUT2D eigenvalue weighted by Crippen LogP contribution is -2.17. The maximum Gasteiger partial charge on any atom is 0.0346 e. The summed E-state index contributed by atoms with van der Waals surface area (Å²) in [6.45, 7) is 3.06. The third-order valence-corrected chi connectivity index (χ3v) is 4.36. The monoisotopic (exact) mass is 268 g/mol. The highest BCUT2D eigenvalue weighted by molar-refractivity contribution is 7.17. The molecule has 0 saturated carbocycles. The fourth-order valence-electron chi connectivity index (χ4n) is 2.18. The number of thiophene rings is 1. The van der Waals surface area contributed by atoms with E-state index in [-0.39, 0.29) is 0 Å². The standard InChI is InChI=1S/C16H16N2S/c1-12(13-5-4-8-17-9-13)18-10-14-11-19-16-7-3-2-6-15(14)16/h2-9,11-12,18H,10H2,1H3/t12-/m0/s1. The second-order valence-electron chi connectivity index (χ2n) is 4.65. The second-order valence-corrected chi connectivity index (χ2v) is 5.56. The Morgan fingerprint density at radius 3 is 2.95 bits per heavy atom. The molecule has 0 aliphatic carbocycles. The summed E-state index contributed by atoms with van der Waals surface area (Å²) in [5.74, 6) is 0. The number of benzene rings is 1. The highest BCUT2D eigenvalue weighted by Crippen LogP contribution is 2.26. The lowest BCUT2D eigenvalue weighted by molar-refractivity contribution is 0.575. The Kier molecular flexibility index (Phi) is 3.58. The molecule has 0 aliphatic heterocycles. The van der Waals surface area contributed by atoms with Crippen LogP contribution in [0.4, 0.5) is 0 Å². The molecule has 0 bridgehead atoms. The van der Waals surface area contributed by atoms with Crippen molar-refractivity contribution in [3.8, 4) is 0 Å². The molecule has 3 aromatic rings. The van der Waals surface area contributed by atoms with Crippen LogP contribution in [0.2, 0.25) is 0 Å². The van der Waals surface area contributed by atoms with Gasteiger partial charge in [-0.2, -0.15) is 0 Å². The molecule has 0 radical (unpaired) electrons. The van der Waals surface area contributed by atoms with E-state index >= 15 is 0 Å². The molecule has 1 N–H and O–H groups in total. The second kappa shape index (κ2) is 5.51. The third-order valence-electron chi connectivity index (χ3n) is 3.34. The minimum absolute atomic E-state index is 0.312. The molecule has 0 saturated heterocycles. The number of hydrogen-bond acceptors (Lipinski definition) is 3.